The number of nitrogens with zero attached hydrogens (tertiary/aromatic N) is 3. The summed E-state index contributed by atoms with van der Waals surface area (Å²) in [6.07, 6.45) is 0. The second-order valence-electron chi connectivity index (χ2n) is 5.00. The summed E-state index contributed by atoms with van der Waals surface area (Å²) in [6, 6.07) is 1.92. The van der Waals surface area contributed by atoms with Crippen LogP contribution in [-0.4, -0.2) is 48.1 Å². The number of rotatable bonds is 5. The molecule has 0 saturated heterocycles. The first-order chi connectivity index (χ1) is 7.85. The summed E-state index contributed by atoms with van der Waals surface area (Å²) in [7, 11) is 6.01. The Morgan fingerprint density at radius 1 is 1.24 bits per heavy atom. The number of aryl methyl sites for hydroxylation is 1. The summed E-state index contributed by atoms with van der Waals surface area (Å²) >= 11 is 0. The van der Waals surface area contributed by atoms with Crippen LogP contribution in [0, 0.1) is 6.92 Å². The predicted molar refractivity (Wildman–Crippen MR) is 72.6 cm³/mol. The zero-order chi connectivity index (χ0) is 13.1. The number of nitrogens with one attached hydrogen (secondary N) is 2. The fourth-order valence-corrected chi connectivity index (χ4v) is 1.25. The summed E-state index contributed by atoms with van der Waals surface area (Å²) < 4.78 is 0. The summed E-state index contributed by atoms with van der Waals surface area (Å²) in [4.78, 5) is 10.8. The fourth-order valence-electron chi connectivity index (χ4n) is 1.25. The fraction of sp³-hybridized carbons (Fsp3) is 0.667. The van der Waals surface area contributed by atoms with E-state index in [0.29, 0.717) is 0 Å². The number of anilines is 2. The Kier molecular flexibility index (Phi) is 4.28. The Balaban J connectivity index is 2.72. The molecule has 0 unspecified atom stereocenters. The van der Waals surface area contributed by atoms with Gasteiger partial charge in [0.1, 0.15) is 17.5 Å². The molecule has 0 fully saturated rings. The van der Waals surface area contributed by atoms with Crippen molar-refractivity contribution >= 4 is 11.6 Å². The lowest BCUT2D eigenvalue weighted by Gasteiger charge is -2.32. The Hall–Kier alpha value is -1.36. The number of hydrogen-bond donors (Lipinski definition) is 2. The lowest BCUT2D eigenvalue weighted by Crippen LogP contribution is -2.44. The zero-order valence-electron chi connectivity index (χ0n) is 11.6. The van der Waals surface area contributed by atoms with E-state index in [0.717, 1.165) is 24.0 Å². The van der Waals surface area contributed by atoms with Crippen LogP contribution in [0.15, 0.2) is 6.07 Å². The third-order valence-electron chi connectivity index (χ3n) is 3.01. The lowest BCUT2D eigenvalue weighted by atomic mass is 10.0. The smallest absolute Gasteiger partial charge is 0.131 e. The van der Waals surface area contributed by atoms with Gasteiger partial charge in [0, 0.05) is 25.2 Å². The monoisotopic (exact) mass is 237 g/mol. The van der Waals surface area contributed by atoms with Gasteiger partial charge in [0.15, 0.2) is 0 Å². The molecule has 1 aromatic rings. The molecule has 0 saturated carbocycles. The van der Waals surface area contributed by atoms with Gasteiger partial charge in [-0.2, -0.15) is 0 Å². The first kappa shape index (κ1) is 13.7. The van der Waals surface area contributed by atoms with Crippen LogP contribution >= 0.6 is 0 Å². The van der Waals surface area contributed by atoms with Crippen LogP contribution < -0.4 is 10.6 Å². The molecule has 5 nitrogen and oxygen atoms in total. The molecule has 1 aromatic heterocycles. The Bertz CT molecular complexity index is 373. The SMILES string of the molecule is CNc1cc(NCC(C)(C)N(C)C)nc(C)n1. The average molecular weight is 237 g/mol. The lowest BCUT2D eigenvalue weighted by molar-refractivity contribution is 0.210. The molecule has 0 spiro atoms. The van der Waals surface area contributed by atoms with Crippen molar-refractivity contribution in [1.82, 2.24) is 14.9 Å². The van der Waals surface area contributed by atoms with Crippen LogP contribution in [0.3, 0.4) is 0 Å². The minimum absolute atomic E-state index is 0.0820. The molecule has 1 rings (SSSR count). The Morgan fingerprint density at radius 3 is 2.35 bits per heavy atom. The van der Waals surface area contributed by atoms with E-state index in [4.69, 9.17) is 0 Å². The normalized spacial score (nSPS) is 11.7. The first-order valence-electron chi connectivity index (χ1n) is 5.80. The number of aromatic nitrogens is 2. The molecule has 5 heteroatoms. The van der Waals surface area contributed by atoms with Crippen LogP contribution in [-0.2, 0) is 0 Å². The van der Waals surface area contributed by atoms with Gasteiger partial charge in [-0.3, -0.25) is 0 Å². The highest BCUT2D eigenvalue weighted by Crippen LogP contribution is 2.14. The van der Waals surface area contributed by atoms with Crippen LogP contribution in [0.5, 0.6) is 0 Å². The predicted octanol–water partition coefficient (Wildman–Crippen LogP) is 1.58. The van der Waals surface area contributed by atoms with Crippen LogP contribution in [0.1, 0.15) is 19.7 Å². The van der Waals surface area contributed by atoms with Gasteiger partial charge in [0.05, 0.1) is 0 Å². The van der Waals surface area contributed by atoms with E-state index in [-0.39, 0.29) is 5.54 Å². The van der Waals surface area contributed by atoms with Crippen molar-refractivity contribution in [2.24, 2.45) is 0 Å². The standard InChI is InChI=1S/C12H23N5/c1-9-15-10(13-4)7-11(16-9)14-8-12(2,3)17(5)6/h7H,8H2,1-6H3,(H2,13,14,15,16). The van der Waals surface area contributed by atoms with Crippen molar-refractivity contribution in [3.05, 3.63) is 11.9 Å². The minimum Gasteiger partial charge on any atom is -0.373 e. The Morgan fingerprint density at radius 2 is 1.82 bits per heavy atom. The summed E-state index contributed by atoms with van der Waals surface area (Å²) in [5.41, 5.74) is 0.0820. The van der Waals surface area contributed by atoms with E-state index >= 15 is 0 Å². The quantitative estimate of drug-likeness (QED) is 0.814. The van der Waals surface area contributed by atoms with Crippen molar-refractivity contribution in [2.75, 3.05) is 38.3 Å². The van der Waals surface area contributed by atoms with Gasteiger partial charge in [-0.15, -0.1) is 0 Å². The molecule has 96 valence electrons. The minimum atomic E-state index is 0.0820. The van der Waals surface area contributed by atoms with Crippen molar-refractivity contribution in [3.63, 3.8) is 0 Å². The average Bonchev–Trinajstić information content (AvgIpc) is 2.25. The maximum atomic E-state index is 4.36. The van der Waals surface area contributed by atoms with E-state index in [2.05, 4.69) is 53.4 Å². The summed E-state index contributed by atoms with van der Waals surface area (Å²) in [6.45, 7) is 7.10. The molecule has 17 heavy (non-hydrogen) atoms. The van der Waals surface area contributed by atoms with Crippen LogP contribution in [0.2, 0.25) is 0 Å². The van der Waals surface area contributed by atoms with E-state index in [1.54, 1.807) is 0 Å². The largest absolute Gasteiger partial charge is 0.373 e. The molecule has 0 radical (unpaired) electrons. The van der Waals surface area contributed by atoms with E-state index < -0.39 is 0 Å². The van der Waals surface area contributed by atoms with Crippen molar-refractivity contribution < 1.29 is 0 Å². The second kappa shape index (κ2) is 5.31. The van der Waals surface area contributed by atoms with Crippen molar-refractivity contribution in [1.29, 1.82) is 0 Å². The molecule has 2 N–H and O–H groups in total. The highest BCUT2D eigenvalue weighted by Gasteiger charge is 2.20. The van der Waals surface area contributed by atoms with Crippen molar-refractivity contribution in [3.8, 4) is 0 Å². The number of hydrogen-bond acceptors (Lipinski definition) is 5. The molecule has 0 amide bonds. The molecular weight excluding hydrogens is 214 g/mol. The zero-order valence-corrected chi connectivity index (χ0v) is 11.6. The maximum Gasteiger partial charge on any atom is 0.131 e. The highest BCUT2D eigenvalue weighted by molar-refractivity contribution is 5.47. The van der Waals surface area contributed by atoms with Crippen LogP contribution in [0.25, 0.3) is 0 Å². The van der Waals surface area contributed by atoms with Crippen LogP contribution in [0.4, 0.5) is 11.6 Å². The molecule has 0 aliphatic carbocycles. The van der Waals surface area contributed by atoms with Gasteiger partial charge in [-0.25, -0.2) is 9.97 Å². The molecule has 0 aliphatic heterocycles. The van der Waals surface area contributed by atoms with Gasteiger partial charge in [-0.1, -0.05) is 0 Å². The first-order valence-corrected chi connectivity index (χ1v) is 5.80. The maximum absolute atomic E-state index is 4.36. The third kappa shape index (κ3) is 3.85. The molecule has 0 aliphatic rings. The van der Waals surface area contributed by atoms with Gasteiger partial charge < -0.3 is 15.5 Å². The molecule has 0 atom stereocenters. The van der Waals surface area contributed by atoms with E-state index in [9.17, 15) is 0 Å². The highest BCUT2D eigenvalue weighted by atomic mass is 15.2. The van der Waals surface area contributed by atoms with Gasteiger partial charge in [-0.05, 0) is 34.9 Å². The summed E-state index contributed by atoms with van der Waals surface area (Å²) in [5, 5.41) is 6.38. The van der Waals surface area contributed by atoms with Gasteiger partial charge >= 0.3 is 0 Å². The Labute approximate surface area is 104 Å². The van der Waals surface area contributed by atoms with Gasteiger partial charge in [0.25, 0.3) is 0 Å². The third-order valence-corrected chi connectivity index (χ3v) is 3.01. The molecule has 0 bridgehead atoms. The van der Waals surface area contributed by atoms with Gasteiger partial charge in [0.2, 0.25) is 0 Å². The topological polar surface area (TPSA) is 53.1 Å². The molecular formula is C12H23N5. The molecule has 0 aromatic carbocycles. The van der Waals surface area contributed by atoms with E-state index in [1.807, 2.05) is 20.0 Å². The molecule has 1 heterocycles. The van der Waals surface area contributed by atoms with E-state index in [1.165, 1.54) is 0 Å². The number of likely N-dealkylation sites (N-methyl/N-ethyl adjacent to an activating group) is 1. The van der Waals surface area contributed by atoms with Crippen molar-refractivity contribution in [2.45, 2.75) is 26.3 Å². The summed E-state index contributed by atoms with van der Waals surface area (Å²) in [5.74, 6) is 2.46. The second-order valence-corrected chi connectivity index (χ2v) is 5.00.